The van der Waals surface area contributed by atoms with Gasteiger partial charge in [0.2, 0.25) is 6.29 Å². The molecule has 154 valence electrons. The Bertz CT molecular complexity index is 324. The number of esters is 2. The van der Waals surface area contributed by atoms with E-state index in [1.165, 1.54) is 25.7 Å². The quantitative estimate of drug-likeness (QED) is 0.165. The first kappa shape index (κ1) is 24.9. The molecule has 0 amide bonds. The van der Waals surface area contributed by atoms with Gasteiger partial charge in [-0.1, -0.05) is 79.1 Å². The van der Waals surface area contributed by atoms with Gasteiger partial charge >= 0.3 is 11.9 Å². The van der Waals surface area contributed by atoms with Gasteiger partial charge in [-0.25, -0.2) is 0 Å². The van der Waals surface area contributed by atoms with Crippen LogP contribution in [0.2, 0.25) is 0 Å². The predicted octanol–water partition coefficient (Wildman–Crippen LogP) is 6.56. The number of rotatable bonds is 17. The maximum atomic E-state index is 12.0. The van der Waals surface area contributed by atoms with Gasteiger partial charge in [0, 0.05) is 19.3 Å². The van der Waals surface area contributed by atoms with Crippen LogP contribution >= 0.6 is 0 Å². The monoisotopic (exact) mass is 370 g/mol. The van der Waals surface area contributed by atoms with Gasteiger partial charge in [0.1, 0.15) is 0 Å². The molecule has 0 radical (unpaired) electrons. The highest BCUT2D eigenvalue weighted by atomic mass is 16.7. The molecule has 0 aliphatic carbocycles. The number of carbonyl (C=O) groups is 2. The van der Waals surface area contributed by atoms with E-state index in [2.05, 4.69) is 27.7 Å². The number of hydrogen-bond acceptors (Lipinski definition) is 4. The molecule has 0 aromatic rings. The zero-order valence-corrected chi connectivity index (χ0v) is 17.7. The average molecular weight is 371 g/mol. The molecule has 26 heavy (non-hydrogen) atoms. The van der Waals surface area contributed by atoms with Gasteiger partial charge < -0.3 is 9.47 Å². The van der Waals surface area contributed by atoms with Crippen LogP contribution in [0.4, 0.5) is 0 Å². The number of carbonyl (C=O) groups excluding carboxylic acids is 2. The van der Waals surface area contributed by atoms with E-state index in [9.17, 15) is 9.59 Å². The molecule has 4 nitrogen and oxygen atoms in total. The fourth-order valence-electron chi connectivity index (χ4n) is 2.77. The Labute approximate surface area is 161 Å². The fraction of sp³-hybridized carbons (Fsp3) is 0.909. The molecule has 0 aliphatic heterocycles. The molecule has 0 spiro atoms. The van der Waals surface area contributed by atoms with Crippen LogP contribution in [0.1, 0.15) is 118 Å². The highest BCUT2D eigenvalue weighted by Gasteiger charge is 2.19. The fourth-order valence-corrected chi connectivity index (χ4v) is 2.77. The van der Waals surface area contributed by atoms with E-state index in [0.29, 0.717) is 25.2 Å². The lowest BCUT2D eigenvalue weighted by atomic mass is 10.1. The Balaban J connectivity index is 4.16. The van der Waals surface area contributed by atoms with Crippen LogP contribution in [0.25, 0.3) is 0 Å². The maximum Gasteiger partial charge on any atom is 0.308 e. The first-order valence-corrected chi connectivity index (χ1v) is 10.9. The van der Waals surface area contributed by atoms with Gasteiger partial charge in [-0.2, -0.15) is 0 Å². The summed E-state index contributed by atoms with van der Waals surface area (Å²) in [7, 11) is 0. The third kappa shape index (κ3) is 16.4. The van der Waals surface area contributed by atoms with Crippen LogP contribution in [0, 0.1) is 5.92 Å². The summed E-state index contributed by atoms with van der Waals surface area (Å²) in [4.78, 5) is 24.1. The van der Waals surface area contributed by atoms with Crippen molar-refractivity contribution in [2.75, 3.05) is 0 Å². The van der Waals surface area contributed by atoms with Gasteiger partial charge in [-0.15, -0.1) is 0 Å². The van der Waals surface area contributed by atoms with Crippen molar-refractivity contribution in [3.8, 4) is 0 Å². The second-order valence-electron chi connectivity index (χ2n) is 7.71. The normalized spacial score (nSPS) is 11.2. The largest absolute Gasteiger partial charge is 0.425 e. The number of ether oxygens (including phenoxy) is 2. The first-order valence-electron chi connectivity index (χ1n) is 10.9. The van der Waals surface area contributed by atoms with Crippen LogP contribution < -0.4 is 0 Å². The van der Waals surface area contributed by atoms with Gasteiger partial charge in [-0.3, -0.25) is 9.59 Å². The highest BCUT2D eigenvalue weighted by molar-refractivity contribution is 5.71. The summed E-state index contributed by atoms with van der Waals surface area (Å²) in [5, 5.41) is 0. The molecule has 4 heteroatoms. The number of unbranched alkanes of at least 4 members (excludes halogenated alkanes) is 8. The minimum absolute atomic E-state index is 0.244. The molecular weight excluding hydrogens is 328 g/mol. The predicted molar refractivity (Wildman–Crippen MR) is 107 cm³/mol. The van der Waals surface area contributed by atoms with Crippen molar-refractivity contribution >= 4 is 11.9 Å². The smallest absolute Gasteiger partial charge is 0.308 e. The van der Waals surface area contributed by atoms with Crippen LogP contribution in [0.15, 0.2) is 0 Å². The maximum absolute atomic E-state index is 12.0. The van der Waals surface area contributed by atoms with E-state index in [0.717, 1.165) is 44.9 Å². The lowest BCUT2D eigenvalue weighted by Crippen LogP contribution is -2.25. The van der Waals surface area contributed by atoms with Gasteiger partial charge in [0.25, 0.3) is 0 Å². The Morgan fingerprint density at radius 2 is 1.08 bits per heavy atom. The van der Waals surface area contributed by atoms with Crippen molar-refractivity contribution in [3.63, 3.8) is 0 Å². The first-order chi connectivity index (χ1) is 12.5. The zero-order chi connectivity index (χ0) is 19.6. The summed E-state index contributed by atoms with van der Waals surface area (Å²) in [6, 6.07) is 0. The van der Waals surface area contributed by atoms with Crippen LogP contribution in [-0.2, 0) is 19.1 Å². The van der Waals surface area contributed by atoms with Crippen molar-refractivity contribution in [2.24, 2.45) is 5.92 Å². The minimum atomic E-state index is -0.719. The number of hydrogen-bond donors (Lipinski definition) is 0. The molecule has 0 atom stereocenters. The Morgan fingerprint density at radius 1 is 0.654 bits per heavy atom. The average Bonchev–Trinajstić information content (AvgIpc) is 2.59. The SMILES string of the molecule is CCCCCCCC(=O)OC(CCC(C)C)OC(=O)CCCCCCC. The molecule has 0 rings (SSSR count). The Morgan fingerprint density at radius 3 is 1.46 bits per heavy atom. The summed E-state index contributed by atoms with van der Waals surface area (Å²) in [5.74, 6) is -0.00464. The molecule has 0 aromatic carbocycles. The van der Waals surface area contributed by atoms with E-state index in [1.54, 1.807) is 0 Å². The van der Waals surface area contributed by atoms with E-state index in [-0.39, 0.29) is 11.9 Å². The van der Waals surface area contributed by atoms with Crippen molar-refractivity contribution in [1.82, 2.24) is 0 Å². The second kappa shape index (κ2) is 17.4. The highest BCUT2D eigenvalue weighted by Crippen LogP contribution is 2.15. The Hall–Kier alpha value is -1.06. The van der Waals surface area contributed by atoms with E-state index in [1.807, 2.05) is 0 Å². The van der Waals surface area contributed by atoms with Crippen molar-refractivity contribution < 1.29 is 19.1 Å². The molecule has 0 aromatic heterocycles. The topological polar surface area (TPSA) is 52.6 Å². The summed E-state index contributed by atoms with van der Waals surface area (Å²) in [6.07, 6.45) is 12.5. The third-order valence-electron chi connectivity index (χ3n) is 4.47. The molecule has 0 fully saturated rings. The molecule has 0 unspecified atom stereocenters. The molecular formula is C22H42O4. The second-order valence-corrected chi connectivity index (χ2v) is 7.71. The Kier molecular flexibility index (Phi) is 16.7. The molecule has 0 N–H and O–H groups in total. The summed E-state index contributed by atoms with van der Waals surface area (Å²) >= 11 is 0. The van der Waals surface area contributed by atoms with E-state index >= 15 is 0 Å². The summed E-state index contributed by atoms with van der Waals surface area (Å²) in [6.45, 7) is 8.57. The molecule has 0 saturated heterocycles. The lowest BCUT2D eigenvalue weighted by molar-refractivity contribution is -0.189. The molecule has 0 bridgehead atoms. The van der Waals surface area contributed by atoms with Crippen LogP contribution in [-0.4, -0.2) is 18.2 Å². The van der Waals surface area contributed by atoms with Gasteiger partial charge in [0.15, 0.2) is 0 Å². The summed E-state index contributed by atoms with van der Waals surface area (Å²) in [5.41, 5.74) is 0. The molecule has 0 saturated carbocycles. The minimum Gasteiger partial charge on any atom is -0.425 e. The van der Waals surface area contributed by atoms with Crippen LogP contribution in [0.5, 0.6) is 0 Å². The molecule has 0 heterocycles. The van der Waals surface area contributed by atoms with Crippen molar-refractivity contribution in [3.05, 3.63) is 0 Å². The van der Waals surface area contributed by atoms with Gasteiger partial charge in [-0.05, 0) is 25.2 Å². The van der Waals surface area contributed by atoms with Gasteiger partial charge in [0.05, 0.1) is 0 Å². The lowest BCUT2D eigenvalue weighted by Gasteiger charge is -2.19. The molecule has 0 aliphatic rings. The standard InChI is InChI=1S/C22H42O4/c1-5-7-9-11-13-15-20(23)25-22(18-17-19(3)4)26-21(24)16-14-12-10-8-6-2/h19,22H,5-18H2,1-4H3. The van der Waals surface area contributed by atoms with E-state index in [4.69, 9.17) is 9.47 Å². The third-order valence-corrected chi connectivity index (χ3v) is 4.47. The van der Waals surface area contributed by atoms with Crippen molar-refractivity contribution in [2.45, 2.75) is 124 Å². The summed E-state index contributed by atoms with van der Waals surface area (Å²) < 4.78 is 10.9. The zero-order valence-electron chi connectivity index (χ0n) is 17.7. The van der Waals surface area contributed by atoms with Crippen LogP contribution in [0.3, 0.4) is 0 Å². The van der Waals surface area contributed by atoms with E-state index < -0.39 is 6.29 Å². The van der Waals surface area contributed by atoms with Crippen molar-refractivity contribution in [1.29, 1.82) is 0 Å².